The molecule has 3 N–H and O–H groups in total. The summed E-state index contributed by atoms with van der Waals surface area (Å²) in [4.78, 5) is 11.2. The van der Waals surface area contributed by atoms with Crippen molar-refractivity contribution in [2.75, 3.05) is 0 Å². The smallest absolute Gasteiger partial charge is 0.320 e. The van der Waals surface area contributed by atoms with Gasteiger partial charge in [-0.05, 0) is 17.2 Å². The van der Waals surface area contributed by atoms with E-state index in [1.165, 1.54) is 0 Å². The topological polar surface area (TPSA) is 68.2 Å². The van der Waals surface area contributed by atoms with Crippen LogP contribution in [-0.4, -0.2) is 21.7 Å². The molecule has 0 aliphatic heterocycles. The number of benzene rings is 2. The summed E-state index contributed by atoms with van der Waals surface area (Å²) >= 11 is 0. The molecule has 3 aromatic rings. The number of carbonyl (C=O) groups is 1. The standard InChI is InChI=1S/C18H18N2O2/c1-20-16-10-6-5-9-13(16)14(11-15(19)18(21)22)17(20)12-7-3-2-4-8-12/h2-10,15H,11,19H2,1H3,(H,21,22). The lowest BCUT2D eigenvalue weighted by molar-refractivity contribution is -0.138. The van der Waals surface area contributed by atoms with Crippen LogP contribution in [0, 0.1) is 0 Å². The summed E-state index contributed by atoms with van der Waals surface area (Å²) in [6.45, 7) is 0. The van der Waals surface area contributed by atoms with E-state index in [4.69, 9.17) is 10.8 Å². The maximum absolute atomic E-state index is 11.2. The van der Waals surface area contributed by atoms with Crippen LogP contribution < -0.4 is 5.73 Å². The maximum atomic E-state index is 11.2. The number of aliphatic carboxylic acids is 1. The molecular weight excluding hydrogens is 276 g/mol. The van der Waals surface area contributed by atoms with Gasteiger partial charge in [0, 0.05) is 24.4 Å². The Morgan fingerprint density at radius 3 is 2.45 bits per heavy atom. The van der Waals surface area contributed by atoms with Crippen molar-refractivity contribution in [2.24, 2.45) is 12.8 Å². The number of carboxylic acid groups (broad SMARTS) is 1. The lowest BCUT2D eigenvalue weighted by Gasteiger charge is -2.10. The highest BCUT2D eigenvalue weighted by atomic mass is 16.4. The van der Waals surface area contributed by atoms with Gasteiger partial charge in [-0.2, -0.15) is 0 Å². The van der Waals surface area contributed by atoms with Crippen molar-refractivity contribution >= 4 is 16.9 Å². The molecule has 0 radical (unpaired) electrons. The fourth-order valence-electron chi connectivity index (χ4n) is 2.95. The Morgan fingerprint density at radius 2 is 1.77 bits per heavy atom. The molecule has 0 bridgehead atoms. The van der Waals surface area contributed by atoms with Crippen molar-refractivity contribution in [3.63, 3.8) is 0 Å². The molecule has 0 saturated carbocycles. The number of rotatable bonds is 4. The molecule has 0 amide bonds. The zero-order valence-corrected chi connectivity index (χ0v) is 12.4. The molecule has 1 atom stereocenters. The number of aryl methyl sites for hydroxylation is 1. The van der Waals surface area contributed by atoms with Gasteiger partial charge in [-0.3, -0.25) is 4.79 Å². The van der Waals surface area contributed by atoms with Gasteiger partial charge >= 0.3 is 5.97 Å². The minimum absolute atomic E-state index is 0.306. The molecule has 1 aromatic heterocycles. The van der Waals surface area contributed by atoms with Crippen molar-refractivity contribution in [3.8, 4) is 11.3 Å². The molecule has 0 fully saturated rings. The predicted molar refractivity (Wildman–Crippen MR) is 87.7 cm³/mol. The van der Waals surface area contributed by atoms with Crippen LogP contribution in [0.2, 0.25) is 0 Å². The zero-order valence-electron chi connectivity index (χ0n) is 12.4. The normalized spacial score (nSPS) is 12.5. The maximum Gasteiger partial charge on any atom is 0.320 e. The summed E-state index contributed by atoms with van der Waals surface area (Å²) in [5, 5.41) is 10.2. The molecule has 2 aromatic carbocycles. The first-order valence-electron chi connectivity index (χ1n) is 7.19. The molecule has 0 aliphatic rings. The van der Waals surface area contributed by atoms with Crippen LogP contribution in [0.5, 0.6) is 0 Å². The molecule has 1 unspecified atom stereocenters. The third-order valence-electron chi connectivity index (χ3n) is 4.00. The van der Waals surface area contributed by atoms with Gasteiger partial charge in [-0.25, -0.2) is 0 Å². The molecule has 22 heavy (non-hydrogen) atoms. The van der Waals surface area contributed by atoms with Gasteiger partial charge in [-0.1, -0.05) is 48.5 Å². The van der Waals surface area contributed by atoms with Gasteiger partial charge < -0.3 is 15.4 Å². The second-order valence-electron chi connectivity index (χ2n) is 5.42. The van der Waals surface area contributed by atoms with E-state index in [2.05, 4.69) is 4.57 Å². The van der Waals surface area contributed by atoms with Crippen molar-refractivity contribution < 1.29 is 9.90 Å². The first-order chi connectivity index (χ1) is 10.6. The highest BCUT2D eigenvalue weighted by Crippen LogP contribution is 2.33. The number of fused-ring (bicyclic) bond motifs is 1. The highest BCUT2D eigenvalue weighted by Gasteiger charge is 2.21. The number of para-hydroxylation sites is 1. The van der Waals surface area contributed by atoms with Gasteiger partial charge in [0.2, 0.25) is 0 Å². The van der Waals surface area contributed by atoms with Crippen molar-refractivity contribution in [3.05, 3.63) is 60.2 Å². The van der Waals surface area contributed by atoms with E-state index in [9.17, 15) is 4.79 Å². The third kappa shape index (κ3) is 2.38. The summed E-state index contributed by atoms with van der Waals surface area (Å²) in [5.74, 6) is -0.980. The van der Waals surface area contributed by atoms with Gasteiger partial charge in [-0.15, -0.1) is 0 Å². The average molecular weight is 294 g/mol. The minimum Gasteiger partial charge on any atom is -0.480 e. The Kier molecular flexibility index (Phi) is 3.69. The van der Waals surface area contributed by atoms with E-state index >= 15 is 0 Å². The van der Waals surface area contributed by atoms with Crippen LogP contribution in [-0.2, 0) is 18.3 Å². The van der Waals surface area contributed by atoms with Crippen molar-refractivity contribution in [1.82, 2.24) is 4.57 Å². The largest absolute Gasteiger partial charge is 0.480 e. The summed E-state index contributed by atoms with van der Waals surface area (Å²) in [6, 6.07) is 17.1. The quantitative estimate of drug-likeness (QED) is 0.777. The fourth-order valence-corrected chi connectivity index (χ4v) is 2.95. The molecule has 0 aliphatic carbocycles. The van der Waals surface area contributed by atoms with Crippen LogP contribution in [0.4, 0.5) is 0 Å². The second kappa shape index (κ2) is 5.66. The van der Waals surface area contributed by atoms with Crippen LogP contribution in [0.25, 0.3) is 22.2 Å². The summed E-state index contributed by atoms with van der Waals surface area (Å²) < 4.78 is 2.11. The van der Waals surface area contributed by atoms with Crippen LogP contribution in [0.3, 0.4) is 0 Å². The van der Waals surface area contributed by atoms with E-state index in [1.807, 2.05) is 61.6 Å². The first kappa shape index (κ1) is 14.4. The summed E-state index contributed by atoms with van der Waals surface area (Å²) in [7, 11) is 2.00. The average Bonchev–Trinajstić information content (AvgIpc) is 2.81. The molecule has 0 saturated heterocycles. The molecular formula is C18H18N2O2. The van der Waals surface area contributed by atoms with E-state index in [0.29, 0.717) is 6.42 Å². The fraction of sp³-hybridized carbons (Fsp3) is 0.167. The Bertz CT molecular complexity index is 822. The Hall–Kier alpha value is -2.59. The van der Waals surface area contributed by atoms with Crippen LogP contribution in [0.15, 0.2) is 54.6 Å². The van der Waals surface area contributed by atoms with Gasteiger partial charge in [0.15, 0.2) is 0 Å². The molecule has 1 heterocycles. The molecule has 4 heteroatoms. The third-order valence-corrected chi connectivity index (χ3v) is 4.00. The number of nitrogens with two attached hydrogens (primary N) is 1. The molecule has 112 valence electrons. The lowest BCUT2D eigenvalue weighted by atomic mass is 9.99. The minimum atomic E-state index is -0.980. The Balaban J connectivity index is 2.25. The lowest BCUT2D eigenvalue weighted by Crippen LogP contribution is -2.32. The van der Waals surface area contributed by atoms with Gasteiger partial charge in [0.1, 0.15) is 6.04 Å². The molecule has 4 nitrogen and oxygen atoms in total. The van der Waals surface area contributed by atoms with E-state index in [-0.39, 0.29) is 0 Å². The monoisotopic (exact) mass is 294 g/mol. The molecule has 0 spiro atoms. The first-order valence-corrected chi connectivity index (χ1v) is 7.19. The van der Waals surface area contributed by atoms with Gasteiger partial charge in [0.25, 0.3) is 0 Å². The second-order valence-corrected chi connectivity index (χ2v) is 5.42. The number of aromatic nitrogens is 1. The summed E-state index contributed by atoms with van der Waals surface area (Å²) in [6.07, 6.45) is 0.306. The highest BCUT2D eigenvalue weighted by molar-refractivity contribution is 5.92. The van der Waals surface area contributed by atoms with E-state index in [1.54, 1.807) is 0 Å². The Labute approximate surface area is 128 Å². The number of hydrogen-bond acceptors (Lipinski definition) is 2. The zero-order chi connectivity index (χ0) is 15.7. The van der Waals surface area contributed by atoms with E-state index < -0.39 is 12.0 Å². The molecule has 3 rings (SSSR count). The van der Waals surface area contributed by atoms with Crippen molar-refractivity contribution in [2.45, 2.75) is 12.5 Å². The van der Waals surface area contributed by atoms with Crippen LogP contribution >= 0.6 is 0 Å². The number of carboxylic acids is 1. The number of hydrogen-bond donors (Lipinski definition) is 2. The van der Waals surface area contributed by atoms with Gasteiger partial charge in [0.05, 0.1) is 5.69 Å². The SMILES string of the molecule is Cn1c(-c2ccccc2)c(CC(N)C(=O)O)c2ccccc21. The summed E-state index contributed by atoms with van der Waals surface area (Å²) in [5.41, 5.74) is 9.94. The van der Waals surface area contributed by atoms with E-state index in [0.717, 1.165) is 27.7 Å². The predicted octanol–water partition coefficient (Wildman–Crippen LogP) is 2.80. The van der Waals surface area contributed by atoms with Crippen molar-refractivity contribution in [1.29, 1.82) is 0 Å². The number of nitrogens with zero attached hydrogens (tertiary/aromatic N) is 1. The van der Waals surface area contributed by atoms with Crippen LogP contribution in [0.1, 0.15) is 5.56 Å². The Morgan fingerprint density at radius 1 is 1.14 bits per heavy atom.